The molecule has 6 heteroatoms. The highest BCUT2D eigenvalue weighted by molar-refractivity contribution is 7.89. The van der Waals surface area contributed by atoms with Gasteiger partial charge in [-0.25, -0.2) is 8.42 Å². The first-order valence-corrected chi connectivity index (χ1v) is 8.51. The third-order valence-corrected chi connectivity index (χ3v) is 6.13. The molecule has 0 unspecified atom stereocenters. The second-order valence-corrected chi connectivity index (χ2v) is 7.50. The molecule has 1 aromatic carbocycles. The lowest BCUT2D eigenvalue weighted by molar-refractivity contribution is 0.214. The summed E-state index contributed by atoms with van der Waals surface area (Å²) in [6.07, 6.45) is 0. The SMILES string of the molecule is C[C@H](CO)N(C)S(=O)(=O)c1ccc(-c2cccs2)cc1. The molecular weight excluding hydrogens is 294 g/mol. The van der Waals surface area contributed by atoms with Gasteiger partial charge in [0.25, 0.3) is 0 Å². The summed E-state index contributed by atoms with van der Waals surface area (Å²) in [7, 11) is -2.08. The molecule has 0 aliphatic heterocycles. The number of thiophene rings is 1. The van der Waals surface area contributed by atoms with Crippen molar-refractivity contribution >= 4 is 21.4 Å². The van der Waals surface area contributed by atoms with Gasteiger partial charge in [0.2, 0.25) is 10.0 Å². The molecule has 0 bridgehead atoms. The molecule has 0 radical (unpaired) electrons. The summed E-state index contributed by atoms with van der Waals surface area (Å²) >= 11 is 1.61. The average Bonchev–Trinajstić information content (AvgIpc) is 3.00. The van der Waals surface area contributed by atoms with Crippen molar-refractivity contribution in [1.29, 1.82) is 0 Å². The van der Waals surface area contributed by atoms with Crippen LogP contribution in [0.3, 0.4) is 0 Å². The van der Waals surface area contributed by atoms with Crippen molar-refractivity contribution in [2.75, 3.05) is 13.7 Å². The van der Waals surface area contributed by atoms with E-state index in [1.54, 1.807) is 42.5 Å². The van der Waals surface area contributed by atoms with Crippen LogP contribution >= 0.6 is 11.3 Å². The minimum absolute atomic E-state index is 0.205. The van der Waals surface area contributed by atoms with Gasteiger partial charge in [-0.2, -0.15) is 4.31 Å². The first-order valence-electron chi connectivity index (χ1n) is 6.19. The van der Waals surface area contributed by atoms with Crippen LogP contribution < -0.4 is 0 Å². The van der Waals surface area contributed by atoms with E-state index in [9.17, 15) is 8.42 Å². The predicted octanol–water partition coefficient (Wildman–Crippen LogP) is 2.42. The van der Waals surface area contributed by atoms with Gasteiger partial charge < -0.3 is 5.11 Å². The van der Waals surface area contributed by atoms with E-state index in [1.165, 1.54) is 11.4 Å². The van der Waals surface area contributed by atoms with E-state index in [0.717, 1.165) is 10.4 Å². The quantitative estimate of drug-likeness (QED) is 0.922. The van der Waals surface area contributed by atoms with Crippen molar-refractivity contribution in [2.45, 2.75) is 17.9 Å². The zero-order valence-electron chi connectivity index (χ0n) is 11.4. The van der Waals surface area contributed by atoms with E-state index in [2.05, 4.69) is 0 Å². The lowest BCUT2D eigenvalue weighted by Crippen LogP contribution is -2.37. The molecule has 2 aromatic rings. The number of hydrogen-bond acceptors (Lipinski definition) is 4. The fourth-order valence-corrected chi connectivity index (χ4v) is 3.84. The van der Waals surface area contributed by atoms with E-state index < -0.39 is 16.1 Å². The van der Waals surface area contributed by atoms with Crippen LogP contribution in [0.25, 0.3) is 10.4 Å². The summed E-state index contributed by atoms with van der Waals surface area (Å²) in [6, 6.07) is 10.3. The summed E-state index contributed by atoms with van der Waals surface area (Å²) in [5.74, 6) is 0. The Bertz CT molecular complexity index is 648. The molecule has 0 saturated carbocycles. The fraction of sp³-hybridized carbons (Fsp3) is 0.286. The molecule has 0 aliphatic carbocycles. The maximum Gasteiger partial charge on any atom is 0.243 e. The summed E-state index contributed by atoms with van der Waals surface area (Å²) in [5, 5.41) is 11.1. The second kappa shape index (κ2) is 6.05. The molecule has 4 nitrogen and oxygen atoms in total. The van der Waals surface area contributed by atoms with Gasteiger partial charge in [-0.3, -0.25) is 0 Å². The van der Waals surface area contributed by atoms with Gasteiger partial charge in [0, 0.05) is 18.0 Å². The van der Waals surface area contributed by atoms with E-state index in [1.807, 2.05) is 17.5 Å². The van der Waals surface area contributed by atoms with Crippen LogP contribution in [0.2, 0.25) is 0 Å². The van der Waals surface area contributed by atoms with Crippen molar-refractivity contribution in [2.24, 2.45) is 0 Å². The molecule has 0 amide bonds. The Balaban J connectivity index is 2.30. The lowest BCUT2D eigenvalue weighted by Gasteiger charge is -2.22. The average molecular weight is 311 g/mol. The molecule has 1 atom stereocenters. The third kappa shape index (κ3) is 2.93. The number of likely N-dealkylation sites (N-methyl/N-ethyl adjacent to an activating group) is 1. The van der Waals surface area contributed by atoms with Gasteiger partial charge in [-0.1, -0.05) is 18.2 Å². The summed E-state index contributed by atoms with van der Waals surface area (Å²) in [6.45, 7) is 1.46. The number of aliphatic hydroxyl groups excluding tert-OH is 1. The number of sulfonamides is 1. The van der Waals surface area contributed by atoms with E-state index in [-0.39, 0.29) is 11.5 Å². The van der Waals surface area contributed by atoms with Crippen molar-refractivity contribution in [1.82, 2.24) is 4.31 Å². The van der Waals surface area contributed by atoms with Crippen LogP contribution in [-0.2, 0) is 10.0 Å². The lowest BCUT2D eigenvalue weighted by atomic mass is 10.2. The monoisotopic (exact) mass is 311 g/mol. The minimum atomic E-state index is -3.56. The Morgan fingerprint density at radius 1 is 1.25 bits per heavy atom. The van der Waals surface area contributed by atoms with Gasteiger partial charge in [0.1, 0.15) is 0 Å². The number of benzene rings is 1. The van der Waals surface area contributed by atoms with Crippen LogP contribution in [0.4, 0.5) is 0 Å². The molecule has 0 aliphatic rings. The molecular formula is C14H17NO3S2. The molecule has 2 rings (SSSR count). The molecule has 0 spiro atoms. The normalized spacial score (nSPS) is 13.6. The first-order chi connectivity index (χ1) is 9.46. The Labute approximate surface area is 123 Å². The number of aliphatic hydroxyl groups is 1. The van der Waals surface area contributed by atoms with Crippen LogP contribution in [0, 0.1) is 0 Å². The molecule has 0 saturated heterocycles. The van der Waals surface area contributed by atoms with Crippen molar-refractivity contribution in [3.63, 3.8) is 0 Å². The minimum Gasteiger partial charge on any atom is -0.395 e. The zero-order chi connectivity index (χ0) is 14.8. The van der Waals surface area contributed by atoms with Gasteiger partial charge in [0.15, 0.2) is 0 Å². The molecule has 1 aromatic heterocycles. The highest BCUT2D eigenvalue weighted by atomic mass is 32.2. The maximum atomic E-state index is 12.3. The van der Waals surface area contributed by atoms with E-state index in [0.29, 0.717) is 0 Å². The highest BCUT2D eigenvalue weighted by Gasteiger charge is 2.24. The standard InChI is InChI=1S/C14H17NO3S2/c1-11(10-16)15(2)20(17,18)13-7-5-12(6-8-13)14-4-3-9-19-14/h3-9,11,16H,10H2,1-2H3/t11-/m1/s1. The topological polar surface area (TPSA) is 57.6 Å². The Morgan fingerprint density at radius 2 is 1.90 bits per heavy atom. The van der Waals surface area contributed by atoms with E-state index in [4.69, 9.17) is 5.11 Å². The summed E-state index contributed by atoms with van der Waals surface area (Å²) in [4.78, 5) is 1.34. The maximum absolute atomic E-state index is 12.3. The molecule has 1 heterocycles. The van der Waals surface area contributed by atoms with Crippen molar-refractivity contribution in [3.8, 4) is 10.4 Å². The van der Waals surface area contributed by atoms with Crippen molar-refractivity contribution < 1.29 is 13.5 Å². The molecule has 1 N–H and O–H groups in total. The summed E-state index contributed by atoms with van der Waals surface area (Å²) < 4.78 is 25.9. The van der Waals surface area contributed by atoms with Gasteiger partial charge in [-0.15, -0.1) is 11.3 Å². The smallest absolute Gasteiger partial charge is 0.243 e. The third-order valence-electron chi connectivity index (χ3n) is 3.22. The molecule has 20 heavy (non-hydrogen) atoms. The molecule has 108 valence electrons. The number of rotatable bonds is 5. The largest absolute Gasteiger partial charge is 0.395 e. The van der Waals surface area contributed by atoms with Gasteiger partial charge in [-0.05, 0) is 36.1 Å². The fourth-order valence-electron chi connectivity index (χ4n) is 1.75. The van der Waals surface area contributed by atoms with Crippen LogP contribution in [0.1, 0.15) is 6.92 Å². The van der Waals surface area contributed by atoms with Crippen molar-refractivity contribution in [3.05, 3.63) is 41.8 Å². The van der Waals surface area contributed by atoms with E-state index >= 15 is 0 Å². The Hall–Kier alpha value is -1.21. The predicted molar refractivity (Wildman–Crippen MR) is 81.3 cm³/mol. The van der Waals surface area contributed by atoms with Crippen LogP contribution in [0.15, 0.2) is 46.7 Å². The van der Waals surface area contributed by atoms with Gasteiger partial charge >= 0.3 is 0 Å². The first kappa shape index (κ1) is 15.2. The number of nitrogens with zero attached hydrogens (tertiary/aromatic N) is 1. The Morgan fingerprint density at radius 3 is 2.40 bits per heavy atom. The second-order valence-electron chi connectivity index (χ2n) is 4.55. The Kier molecular flexibility index (Phi) is 4.59. The van der Waals surface area contributed by atoms with Gasteiger partial charge in [0.05, 0.1) is 11.5 Å². The van der Waals surface area contributed by atoms with Crippen LogP contribution in [-0.4, -0.2) is 37.5 Å². The zero-order valence-corrected chi connectivity index (χ0v) is 13.0. The number of hydrogen-bond donors (Lipinski definition) is 1. The highest BCUT2D eigenvalue weighted by Crippen LogP contribution is 2.26. The van der Waals surface area contributed by atoms with Crippen LogP contribution in [0.5, 0.6) is 0 Å². The molecule has 0 fully saturated rings. The summed E-state index contributed by atoms with van der Waals surface area (Å²) in [5.41, 5.74) is 0.997.